The zero-order valence-electron chi connectivity index (χ0n) is 18.7. The molecular weight excluding hydrogens is 344 g/mol. The fourth-order valence-electron chi connectivity index (χ4n) is 2.66. The maximum atomic E-state index is 12.8. The fourth-order valence-corrected chi connectivity index (χ4v) is 2.66. The maximum Gasteiger partial charge on any atom is 0.326 e. The molecule has 3 N–H and O–H groups in total. The predicted molar refractivity (Wildman–Crippen MR) is 108 cm³/mol. The molecule has 0 saturated carbocycles. The molecule has 0 heterocycles. The number of amides is 2. The van der Waals surface area contributed by atoms with Crippen LogP contribution in [0.1, 0.15) is 88.0 Å². The van der Waals surface area contributed by atoms with Crippen LogP contribution in [0.2, 0.25) is 0 Å². The normalized spacial score (nSPS) is 15.0. The van der Waals surface area contributed by atoms with Gasteiger partial charge in [0.15, 0.2) is 0 Å². The molecule has 27 heavy (non-hydrogen) atoms. The highest BCUT2D eigenvalue weighted by Gasteiger charge is 2.31. The number of hydrogen-bond acceptors (Lipinski definition) is 3. The van der Waals surface area contributed by atoms with E-state index in [9.17, 15) is 19.5 Å². The molecule has 0 spiro atoms. The van der Waals surface area contributed by atoms with Gasteiger partial charge in [-0.3, -0.25) is 9.59 Å². The van der Waals surface area contributed by atoms with Crippen LogP contribution in [0.5, 0.6) is 0 Å². The Kier molecular flexibility index (Phi) is 9.00. The highest BCUT2D eigenvalue weighted by atomic mass is 16.4. The Morgan fingerprint density at radius 1 is 0.741 bits per heavy atom. The molecule has 0 saturated heterocycles. The standard InChI is InChI=1S/C21H40N2O4/c1-19(2,3)11-10-16(24)22-14(12-20(4,5)6)17(25)23-15(18(26)27)13-21(7,8)9/h14-15H,10-13H2,1-9H3,(H,22,24)(H,23,25)(H,26,27)/t14-,15-/m0/s1. The van der Waals surface area contributed by atoms with Crippen LogP contribution in [0, 0.1) is 16.2 Å². The van der Waals surface area contributed by atoms with Crippen LogP contribution in [0.4, 0.5) is 0 Å². The minimum atomic E-state index is -1.06. The molecule has 158 valence electrons. The van der Waals surface area contributed by atoms with Gasteiger partial charge in [-0.2, -0.15) is 0 Å². The van der Waals surface area contributed by atoms with E-state index in [0.717, 1.165) is 0 Å². The van der Waals surface area contributed by atoms with Crippen LogP contribution in [0.25, 0.3) is 0 Å². The lowest BCUT2D eigenvalue weighted by Crippen LogP contribution is -2.53. The number of rotatable bonds is 8. The predicted octanol–water partition coefficient (Wildman–Crippen LogP) is 3.74. The highest BCUT2D eigenvalue weighted by Crippen LogP contribution is 2.24. The summed E-state index contributed by atoms with van der Waals surface area (Å²) in [5.74, 6) is -1.69. The second-order valence-electron chi connectivity index (χ2n) is 11.1. The molecule has 0 aromatic carbocycles. The van der Waals surface area contributed by atoms with Crippen molar-refractivity contribution in [1.29, 1.82) is 0 Å². The summed E-state index contributed by atoms with van der Waals surface area (Å²) < 4.78 is 0. The summed E-state index contributed by atoms with van der Waals surface area (Å²) in [5.41, 5.74) is -0.409. The third-order valence-electron chi connectivity index (χ3n) is 4.00. The van der Waals surface area contributed by atoms with Gasteiger partial charge >= 0.3 is 5.97 Å². The minimum absolute atomic E-state index is 0.0280. The Labute approximate surface area is 164 Å². The van der Waals surface area contributed by atoms with Gasteiger partial charge in [-0.15, -0.1) is 0 Å². The van der Waals surface area contributed by atoms with Gasteiger partial charge in [0.05, 0.1) is 0 Å². The second kappa shape index (κ2) is 9.56. The summed E-state index contributed by atoms with van der Waals surface area (Å²) in [6.07, 6.45) is 1.79. The van der Waals surface area contributed by atoms with E-state index in [2.05, 4.69) is 31.4 Å². The molecule has 6 heteroatoms. The number of carboxylic acid groups (broad SMARTS) is 1. The van der Waals surface area contributed by atoms with Gasteiger partial charge in [0.1, 0.15) is 12.1 Å². The van der Waals surface area contributed by atoms with Crippen molar-refractivity contribution in [2.24, 2.45) is 16.2 Å². The van der Waals surface area contributed by atoms with Crippen molar-refractivity contribution in [3.05, 3.63) is 0 Å². The largest absolute Gasteiger partial charge is 0.480 e. The zero-order valence-corrected chi connectivity index (χ0v) is 18.7. The molecule has 0 radical (unpaired) electrons. The third-order valence-corrected chi connectivity index (χ3v) is 4.00. The van der Waals surface area contributed by atoms with E-state index in [1.807, 2.05) is 41.5 Å². The van der Waals surface area contributed by atoms with Crippen LogP contribution in [-0.4, -0.2) is 35.0 Å². The molecule has 0 bridgehead atoms. The Morgan fingerprint density at radius 3 is 1.56 bits per heavy atom. The number of carbonyl (C=O) groups is 3. The van der Waals surface area contributed by atoms with Crippen molar-refractivity contribution in [2.75, 3.05) is 0 Å². The van der Waals surface area contributed by atoms with Crippen LogP contribution in [0.15, 0.2) is 0 Å². The molecule has 0 aromatic heterocycles. The molecule has 2 atom stereocenters. The molecular formula is C21H40N2O4. The Bertz CT molecular complexity index is 522. The van der Waals surface area contributed by atoms with Gasteiger partial charge in [-0.25, -0.2) is 4.79 Å². The number of nitrogens with one attached hydrogen (secondary N) is 2. The van der Waals surface area contributed by atoms with Crippen molar-refractivity contribution >= 4 is 17.8 Å². The summed E-state index contributed by atoms with van der Waals surface area (Å²) in [5, 5.41) is 14.9. The van der Waals surface area contributed by atoms with Crippen LogP contribution in [0.3, 0.4) is 0 Å². The van der Waals surface area contributed by atoms with E-state index < -0.39 is 24.0 Å². The average Bonchev–Trinajstić information content (AvgIpc) is 2.39. The molecule has 0 aliphatic heterocycles. The summed E-state index contributed by atoms with van der Waals surface area (Å²) in [6, 6.07) is -1.73. The molecule has 6 nitrogen and oxygen atoms in total. The summed E-state index contributed by atoms with van der Waals surface area (Å²) in [4.78, 5) is 36.7. The van der Waals surface area contributed by atoms with Gasteiger partial charge in [-0.1, -0.05) is 62.3 Å². The molecule has 2 amide bonds. The number of carbonyl (C=O) groups excluding carboxylic acids is 2. The van der Waals surface area contributed by atoms with Crippen LogP contribution < -0.4 is 10.6 Å². The molecule has 0 unspecified atom stereocenters. The summed E-state index contributed by atoms with van der Waals surface area (Å²) in [7, 11) is 0. The van der Waals surface area contributed by atoms with Crippen LogP contribution in [-0.2, 0) is 14.4 Å². The van der Waals surface area contributed by atoms with E-state index in [-0.39, 0.29) is 22.2 Å². The third kappa shape index (κ3) is 13.3. The number of carboxylic acids is 1. The smallest absolute Gasteiger partial charge is 0.326 e. The van der Waals surface area contributed by atoms with E-state index in [4.69, 9.17) is 0 Å². The van der Waals surface area contributed by atoms with Gasteiger partial charge in [0, 0.05) is 6.42 Å². The molecule has 0 rings (SSSR count). The van der Waals surface area contributed by atoms with Crippen molar-refractivity contribution in [2.45, 2.75) is 100 Å². The summed E-state index contributed by atoms with van der Waals surface area (Å²) >= 11 is 0. The molecule has 0 aromatic rings. The lowest BCUT2D eigenvalue weighted by Gasteiger charge is -2.29. The zero-order chi connectivity index (χ0) is 21.6. The minimum Gasteiger partial charge on any atom is -0.480 e. The van der Waals surface area contributed by atoms with Gasteiger partial charge in [-0.05, 0) is 35.5 Å². The van der Waals surface area contributed by atoms with E-state index in [0.29, 0.717) is 25.7 Å². The average molecular weight is 385 g/mol. The first-order valence-corrected chi connectivity index (χ1v) is 9.72. The quantitative estimate of drug-likeness (QED) is 0.594. The van der Waals surface area contributed by atoms with Crippen molar-refractivity contribution in [3.63, 3.8) is 0 Å². The lowest BCUT2D eigenvalue weighted by atomic mass is 9.86. The Morgan fingerprint density at radius 2 is 1.19 bits per heavy atom. The number of hydrogen-bond donors (Lipinski definition) is 3. The van der Waals surface area contributed by atoms with Gasteiger partial charge in [0.25, 0.3) is 0 Å². The van der Waals surface area contributed by atoms with Crippen LogP contribution >= 0.6 is 0 Å². The maximum absolute atomic E-state index is 12.8. The topological polar surface area (TPSA) is 95.5 Å². The fraction of sp³-hybridized carbons (Fsp3) is 0.857. The van der Waals surface area contributed by atoms with E-state index in [1.165, 1.54) is 0 Å². The first-order chi connectivity index (χ1) is 11.9. The van der Waals surface area contributed by atoms with Crippen molar-refractivity contribution in [1.82, 2.24) is 10.6 Å². The number of aliphatic carboxylic acids is 1. The molecule has 0 aliphatic carbocycles. The Balaban J connectivity index is 5.17. The monoisotopic (exact) mass is 384 g/mol. The van der Waals surface area contributed by atoms with Gasteiger partial charge < -0.3 is 15.7 Å². The molecule has 0 fully saturated rings. The highest BCUT2D eigenvalue weighted by molar-refractivity contribution is 5.90. The SMILES string of the molecule is CC(C)(C)CCC(=O)N[C@@H](CC(C)(C)C)C(=O)N[C@@H](CC(C)(C)C)C(=O)O. The van der Waals surface area contributed by atoms with Crippen molar-refractivity contribution in [3.8, 4) is 0 Å². The van der Waals surface area contributed by atoms with E-state index >= 15 is 0 Å². The lowest BCUT2D eigenvalue weighted by molar-refractivity contribution is -0.143. The Hall–Kier alpha value is -1.59. The first kappa shape index (κ1) is 25.4. The second-order valence-corrected chi connectivity index (χ2v) is 11.1. The molecule has 0 aliphatic rings. The van der Waals surface area contributed by atoms with E-state index in [1.54, 1.807) is 0 Å². The first-order valence-electron chi connectivity index (χ1n) is 9.72. The van der Waals surface area contributed by atoms with Gasteiger partial charge in [0.2, 0.25) is 11.8 Å². The summed E-state index contributed by atoms with van der Waals surface area (Å²) in [6.45, 7) is 17.9. The van der Waals surface area contributed by atoms with Crippen molar-refractivity contribution < 1.29 is 19.5 Å².